The maximum absolute atomic E-state index is 10.4. The average Bonchev–Trinajstić information content (AvgIpc) is 3.05. The van der Waals surface area contributed by atoms with Crippen molar-refractivity contribution < 1.29 is 14.9 Å². The number of rotatable bonds is 7. The van der Waals surface area contributed by atoms with Gasteiger partial charge in [0.1, 0.15) is 0 Å². The zero-order valence-corrected chi connectivity index (χ0v) is 14.4. The van der Waals surface area contributed by atoms with E-state index in [2.05, 4.69) is 21.0 Å². The number of morpholine rings is 1. The summed E-state index contributed by atoms with van der Waals surface area (Å²) in [6, 6.07) is 2.07. The van der Waals surface area contributed by atoms with E-state index in [0.29, 0.717) is 12.5 Å². The molecule has 1 aromatic rings. The van der Waals surface area contributed by atoms with E-state index in [1.165, 1.54) is 5.69 Å². The molecule has 0 aliphatic carbocycles. The molecule has 2 aliphatic rings. The zero-order chi connectivity index (χ0) is 16.8. The smallest absolute Gasteiger partial charge is 0.0793 e. The van der Waals surface area contributed by atoms with Gasteiger partial charge in [-0.1, -0.05) is 0 Å². The molecule has 2 aliphatic heterocycles. The summed E-state index contributed by atoms with van der Waals surface area (Å²) in [5.41, 5.74) is 1.23. The van der Waals surface area contributed by atoms with Gasteiger partial charge >= 0.3 is 0 Å². The van der Waals surface area contributed by atoms with Crippen molar-refractivity contribution in [3.05, 3.63) is 18.0 Å². The molecule has 0 saturated carbocycles. The highest BCUT2D eigenvalue weighted by atomic mass is 16.5. The molecule has 2 saturated heterocycles. The summed E-state index contributed by atoms with van der Waals surface area (Å²) in [6.45, 7) is 7.61. The Hall–Kier alpha value is -0.990. The Bertz CT molecular complexity index is 482. The number of hydrogen-bond acceptors (Lipinski definition) is 6. The predicted molar refractivity (Wildman–Crippen MR) is 91.0 cm³/mol. The van der Waals surface area contributed by atoms with Crippen molar-refractivity contribution in [1.29, 1.82) is 0 Å². The third-order valence-electron chi connectivity index (χ3n) is 5.11. The Morgan fingerprint density at radius 3 is 2.46 bits per heavy atom. The molecule has 0 spiro atoms. The lowest BCUT2D eigenvalue weighted by molar-refractivity contribution is 0.00502. The fourth-order valence-electron chi connectivity index (χ4n) is 3.82. The summed E-state index contributed by atoms with van der Waals surface area (Å²) in [6.07, 6.45) is 3.70. The second-order valence-electron chi connectivity index (χ2n) is 6.84. The fourth-order valence-corrected chi connectivity index (χ4v) is 3.82. The molecular formula is C17H30N4O3. The van der Waals surface area contributed by atoms with Crippen LogP contribution in [0, 0.1) is 0 Å². The molecular weight excluding hydrogens is 308 g/mol. The van der Waals surface area contributed by atoms with Gasteiger partial charge in [0.2, 0.25) is 0 Å². The molecule has 0 bridgehead atoms. The van der Waals surface area contributed by atoms with Crippen LogP contribution < -0.4 is 0 Å². The number of aliphatic hydroxyl groups is 2. The van der Waals surface area contributed by atoms with Gasteiger partial charge in [0.15, 0.2) is 0 Å². The summed E-state index contributed by atoms with van der Waals surface area (Å²) in [5.74, 6) is 0.506. The van der Waals surface area contributed by atoms with E-state index in [1.54, 1.807) is 0 Å². The Labute approximate surface area is 143 Å². The maximum Gasteiger partial charge on any atom is 0.0793 e. The first-order chi connectivity index (χ1) is 11.8. The lowest BCUT2D eigenvalue weighted by Crippen LogP contribution is -2.46. The predicted octanol–water partition coefficient (Wildman–Crippen LogP) is -0.252. The largest absolute Gasteiger partial charge is 0.394 e. The zero-order valence-electron chi connectivity index (χ0n) is 14.4. The minimum absolute atomic E-state index is 0.126. The molecule has 2 N–H and O–H groups in total. The summed E-state index contributed by atoms with van der Waals surface area (Å²) in [4.78, 5) is 4.66. The summed E-state index contributed by atoms with van der Waals surface area (Å²) < 4.78 is 7.27. The number of hydrogen-bond donors (Lipinski definition) is 2. The Morgan fingerprint density at radius 2 is 1.79 bits per heavy atom. The van der Waals surface area contributed by atoms with Gasteiger partial charge in [-0.15, -0.1) is 0 Å². The molecule has 0 aromatic carbocycles. The highest BCUT2D eigenvalue weighted by molar-refractivity contribution is 5.09. The molecule has 7 nitrogen and oxygen atoms in total. The molecule has 1 atom stereocenters. The highest BCUT2D eigenvalue weighted by Gasteiger charge is 2.25. The van der Waals surface area contributed by atoms with Crippen molar-refractivity contribution in [1.82, 2.24) is 19.6 Å². The number of β-amino-alcohol motifs (C(OH)–C–C–N with tert-alkyl or cyclic N) is 1. The van der Waals surface area contributed by atoms with E-state index in [-0.39, 0.29) is 12.7 Å². The first-order valence-electron chi connectivity index (χ1n) is 9.09. The van der Waals surface area contributed by atoms with Crippen molar-refractivity contribution in [2.45, 2.75) is 31.4 Å². The van der Waals surface area contributed by atoms with Gasteiger partial charge in [-0.25, -0.2) is 0 Å². The van der Waals surface area contributed by atoms with Gasteiger partial charge in [-0.2, -0.15) is 5.10 Å². The van der Waals surface area contributed by atoms with Gasteiger partial charge in [-0.05, 0) is 32.0 Å². The third kappa shape index (κ3) is 4.77. The Balaban J connectivity index is 1.42. The van der Waals surface area contributed by atoms with Gasteiger partial charge in [0.25, 0.3) is 0 Å². The summed E-state index contributed by atoms with van der Waals surface area (Å²) >= 11 is 0. The molecule has 1 aromatic heterocycles. The first kappa shape index (κ1) is 17.8. The van der Waals surface area contributed by atoms with Crippen LogP contribution in [0.5, 0.6) is 0 Å². The SMILES string of the molecule is OCCn1nccc1C1CCN(C[C@H](O)CN2CCOCC2)CC1. The lowest BCUT2D eigenvalue weighted by Gasteiger charge is -2.35. The number of nitrogens with zero attached hydrogens (tertiary/aromatic N) is 4. The standard InChI is InChI=1S/C17H30N4O3/c22-10-7-21-17(1-4-18-21)15-2-5-19(6-3-15)13-16(23)14-20-8-11-24-12-9-20/h1,4,15-16,22-23H,2-3,5-14H2/t16-/m0/s1. The summed E-state index contributed by atoms with van der Waals surface area (Å²) in [7, 11) is 0. The van der Waals surface area contributed by atoms with Crippen LogP contribution in [0.15, 0.2) is 12.3 Å². The van der Waals surface area contributed by atoms with E-state index in [1.807, 2.05) is 10.9 Å². The molecule has 0 unspecified atom stereocenters. The van der Waals surface area contributed by atoms with Gasteiger partial charge < -0.3 is 19.8 Å². The molecule has 136 valence electrons. The van der Waals surface area contributed by atoms with Crippen LogP contribution in [-0.2, 0) is 11.3 Å². The molecule has 24 heavy (non-hydrogen) atoms. The second kappa shape index (κ2) is 8.92. The normalized spacial score (nSPS) is 22.8. The van der Waals surface area contributed by atoms with Gasteiger partial charge in [0.05, 0.1) is 32.5 Å². The molecule has 3 rings (SSSR count). The van der Waals surface area contributed by atoms with E-state index < -0.39 is 0 Å². The van der Waals surface area contributed by atoms with Crippen LogP contribution in [0.2, 0.25) is 0 Å². The molecule has 0 amide bonds. The van der Waals surface area contributed by atoms with Crippen LogP contribution >= 0.6 is 0 Å². The number of ether oxygens (including phenoxy) is 1. The highest BCUT2D eigenvalue weighted by Crippen LogP contribution is 2.27. The number of likely N-dealkylation sites (tertiary alicyclic amines) is 1. The number of aliphatic hydroxyl groups excluding tert-OH is 2. The quantitative estimate of drug-likeness (QED) is 0.714. The Morgan fingerprint density at radius 1 is 1.12 bits per heavy atom. The maximum atomic E-state index is 10.4. The minimum Gasteiger partial charge on any atom is -0.394 e. The van der Waals surface area contributed by atoms with Crippen LogP contribution in [0.25, 0.3) is 0 Å². The van der Waals surface area contributed by atoms with Crippen LogP contribution in [0.3, 0.4) is 0 Å². The first-order valence-corrected chi connectivity index (χ1v) is 9.09. The molecule has 0 radical (unpaired) electrons. The van der Waals surface area contributed by atoms with Gasteiger partial charge in [0, 0.05) is 44.0 Å². The topological polar surface area (TPSA) is 74.0 Å². The molecule has 3 heterocycles. The van der Waals surface area contributed by atoms with Crippen molar-refractivity contribution in [3.63, 3.8) is 0 Å². The monoisotopic (exact) mass is 338 g/mol. The number of piperidine rings is 1. The van der Waals surface area contributed by atoms with Crippen molar-refractivity contribution >= 4 is 0 Å². The van der Waals surface area contributed by atoms with Crippen molar-refractivity contribution in [2.24, 2.45) is 0 Å². The van der Waals surface area contributed by atoms with E-state index >= 15 is 0 Å². The lowest BCUT2D eigenvalue weighted by atomic mass is 9.93. The fraction of sp³-hybridized carbons (Fsp3) is 0.824. The van der Waals surface area contributed by atoms with Gasteiger partial charge in [-0.3, -0.25) is 9.58 Å². The number of aromatic nitrogens is 2. The minimum atomic E-state index is -0.292. The van der Waals surface area contributed by atoms with Crippen LogP contribution in [0.4, 0.5) is 0 Å². The molecule has 7 heteroatoms. The van der Waals surface area contributed by atoms with E-state index in [0.717, 1.165) is 65.3 Å². The van der Waals surface area contributed by atoms with Crippen LogP contribution in [-0.4, -0.2) is 95.0 Å². The van der Waals surface area contributed by atoms with Crippen molar-refractivity contribution in [3.8, 4) is 0 Å². The third-order valence-corrected chi connectivity index (χ3v) is 5.11. The average molecular weight is 338 g/mol. The Kier molecular flexibility index (Phi) is 6.62. The second-order valence-corrected chi connectivity index (χ2v) is 6.84. The van der Waals surface area contributed by atoms with Crippen molar-refractivity contribution in [2.75, 3.05) is 59.1 Å². The summed E-state index contributed by atoms with van der Waals surface area (Å²) in [5, 5.41) is 23.8. The molecule has 2 fully saturated rings. The van der Waals surface area contributed by atoms with Crippen LogP contribution in [0.1, 0.15) is 24.5 Å². The van der Waals surface area contributed by atoms with E-state index in [4.69, 9.17) is 9.84 Å². The van der Waals surface area contributed by atoms with E-state index in [9.17, 15) is 5.11 Å².